The molecule has 4 heteroatoms. The molecule has 0 saturated heterocycles. The first-order valence-corrected chi connectivity index (χ1v) is 7.90. The zero-order valence-electron chi connectivity index (χ0n) is 13.0. The third-order valence-electron chi connectivity index (χ3n) is 4.36. The van der Waals surface area contributed by atoms with Crippen molar-refractivity contribution >= 4 is 34.0 Å². The van der Waals surface area contributed by atoms with Crippen LogP contribution in [0.4, 0.5) is 11.4 Å². The summed E-state index contributed by atoms with van der Waals surface area (Å²) >= 11 is 0. The minimum Gasteiger partial charge on any atom is -0.326 e. The van der Waals surface area contributed by atoms with Crippen molar-refractivity contribution in [3.05, 3.63) is 72.3 Å². The molecule has 1 aliphatic heterocycles. The maximum absolute atomic E-state index is 12.8. The summed E-state index contributed by atoms with van der Waals surface area (Å²) in [5.41, 5.74) is 2.34. The number of benzene rings is 3. The summed E-state index contributed by atoms with van der Waals surface area (Å²) in [6.07, 6.45) is 0.160. The van der Waals surface area contributed by atoms with Crippen LogP contribution in [0.1, 0.15) is 17.9 Å². The fraction of sp³-hybridized carbons (Fsp3) is 0.100. The summed E-state index contributed by atoms with van der Waals surface area (Å²) in [7, 11) is 0. The summed E-state index contributed by atoms with van der Waals surface area (Å²) in [5, 5.41) is 7.87. The van der Waals surface area contributed by atoms with E-state index in [1.165, 1.54) is 0 Å². The molecule has 0 fully saturated rings. The Morgan fingerprint density at radius 1 is 0.958 bits per heavy atom. The van der Waals surface area contributed by atoms with Crippen LogP contribution < -0.4 is 10.6 Å². The van der Waals surface area contributed by atoms with Crippen molar-refractivity contribution in [2.24, 2.45) is 0 Å². The molecule has 0 spiro atoms. The summed E-state index contributed by atoms with van der Waals surface area (Å²) < 4.78 is 0. The molecular formula is C20H16N2O2. The van der Waals surface area contributed by atoms with Crippen LogP contribution in [0.2, 0.25) is 0 Å². The van der Waals surface area contributed by atoms with Crippen molar-refractivity contribution in [2.75, 3.05) is 10.6 Å². The number of fused-ring (bicyclic) bond motifs is 2. The first kappa shape index (κ1) is 14.5. The van der Waals surface area contributed by atoms with E-state index in [4.69, 9.17) is 0 Å². The van der Waals surface area contributed by atoms with Crippen LogP contribution in [0.15, 0.2) is 66.7 Å². The molecule has 24 heavy (non-hydrogen) atoms. The van der Waals surface area contributed by atoms with Crippen molar-refractivity contribution in [3.63, 3.8) is 0 Å². The molecule has 0 bridgehead atoms. The van der Waals surface area contributed by atoms with Crippen LogP contribution >= 0.6 is 0 Å². The Kier molecular flexibility index (Phi) is 3.50. The SMILES string of the molecule is O=C1CC(C(=O)Nc2cccc3ccccc23)c2ccccc2N1. The third kappa shape index (κ3) is 2.52. The van der Waals surface area contributed by atoms with Gasteiger partial charge in [-0.25, -0.2) is 0 Å². The second-order valence-electron chi connectivity index (χ2n) is 5.91. The van der Waals surface area contributed by atoms with Crippen molar-refractivity contribution in [2.45, 2.75) is 12.3 Å². The maximum atomic E-state index is 12.8. The molecule has 2 N–H and O–H groups in total. The fourth-order valence-corrected chi connectivity index (χ4v) is 3.20. The van der Waals surface area contributed by atoms with Gasteiger partial charge in [-0.05, 0) is 23.1 Å². The number of amides is 2. The molecule has 1 atom stereocenters. The second-order valence-corrected chi connectivity index (χ2v) is 5.91. The van der Waals surface area contributed by atoms with Crippen molar-refractivity contribution in [1.82, 2.24) is 0 Å². The Hall–Kier alpha value is -3.14. The van der Waals surface area contributed by atoms with Crippen molar-refractivity contribution in [3.8, 4) is 0 Å². The lowest BCUT2D eigenvalue weighted by Crippen LogP contribution is -2.30. The molecule has 3 aromatic carbocycles. The summed E-state index contributed by atoms with van der Waals surface area (Å²) in [6.45, 7) is 0. The van der Waals surface area contributed by atoms with E-state index in [0.29, 0.717) is 5.69 Å². The van der Waals surface area contributed by atoms with Crippen LogP contribution in [0.25, 0.3) is 10.8 Å². The molecule has 118 valence electrons. The third-order valence-corrected chi connectivity index (χ3v) is 4.36. The number of nitrogens with one attached hydrogen (secondary N) is 2. The Balaban J connectivity index is 1.68. The van der Waals surface area contributed by atoms with E-state index in [-0.39, 0.29) is 18.2 Å². The zero-order valence-corrected chi connectivity index (χ0v) is 13.0. The van der Waals surface area contributed by atoms with Gasteiger partial charge in [-0.2, -0.15) is 0 Å². The average Bonchev–Trinajstić information content (AvgIpc) is 2.61. The molecule has 4 nitrogen and oxygen atoms in total. The number of para-hydroxylation sites is 1. The van der Waals surface area contributed by atoms with Gasteiger partial charge >= 0.3 is 0 Å². The van der Waals surface area contributed by atoms with Crippen LogP contribution in [-0.4, -0.2) is 11.8 Å². The van der Waals surface area contributed by atoms with E-state index in [2.05, 4.69) is 10.6 Å². The van der Waals surface area contributed by atoms with E-state index in [0.717, 1.165) is 22.0 Å². The largest absolute Gasteiger partial charge is 0.326 e. The van der Waals surface area contributed by atoms with Crippen LogP contribution in [0.3, 0.4) is 0 Å². The maximum Gasteiger partial charge on any atom is 0.232 e. The van der Waals surface area contributed by atoms with E-state index < -0.39 is 5.92 Å². The zero-order chi connectivity index (χ0) is 16.5. The van der Waals surface area contributed by atoms with Gasteiger partial charge in [-0.3, -0.25) is 9.59 Å². The minimum atomic E-state index is -0.478. The smallest absolute Gasteiger partial charge is 0.232 e. The molecule has 1 aliphatic rings. The van der Waals surface area contributed by atoms with Gasteiger partial charge < -0.3 is 10.6 Å². The van der Waals surface area contributed by atoms with Gasteiger partial charge in [0, 0.05) is 23.2 Å². The summed E-state index contributed by atoms with van der Waals surface area (Å²) in [4.78, 5) is 24.7. The van der Waals surface area contributed by atoms with Gasteiger partial charge in [0.1, 0.15) is 0 Å². The van der Waals surface area contributed by atoms with Gasteiger partial charge in [0.2, 0.25) is 11.8 Å². The molecule has 0 radical (unpaired) electrons. The van der Waals surface area contributed by atoms with Crippen LogP contribution in [0.5, 0.6) is 0 Å². The molecular weight excluding hydrogens is 300 g/mol. The van der Waals surface area contributed by atoms with E-state index >= 15 is 0 Å². The number of hydrogen-bond acceptors (Lipinski definition) is 2. The lowest BCUT2D eigenvalue weighted by Gasteiger charge is -2.25. The van der Waals surface area contributed by atoms with Crippen molar-refractivity contribution < 1.29 is 9.59 Å². The van der Waals surface area contributed by atoms with Gasteiger partial charge in [0.25, 0.3) is 0 Å². The van der Waals surface area contributed by atoms with E-state index in [1.54, 1.807) is 0 Å². The average molecular weight is 316 g/mol. The van der Waals surface area contributed by atoms with Gasteiger partial charge in [0.15, 0.2) is 0 Å². The number of hydrogen-bond donors (Lipinski definition) is 2. The van der Waals surface area contributed by atoms with E-state index in [9.17, 15) is 9.59 Å². The lowest BCUT2D eigenvalue weighted by atomic mass is 9.89. The number of carbonyl (C=O) groups excluding carboxylic acids is 2. The quantitative estimate of drug-likeness (QED) is 0.753. The second kappa shape index (κ2) is 5.81. The first-order valence-electron chi connectivity index (χ1n) is 7.90. The lowest BCUT2D eigenvalue weighted by molar-refractivity contribution is -0.123. The highest BCUT2D eigenvalue weighted by molar-refractivity contribution is 6.08. The highest BCUT2D eigenvalue weighted by atomic mass is 16.2. The predicted octanol–water partition coefficient (Wildman–Crippen LogP) is 3.90. The molecule has 1 unspecified atom stereocenters. The fourth-order valence-electron chi connectivity index (χ4n) is 3.20. The molecule has 0 aliphatic carbocycles. The molecule has 2 amide bonds. The topological polar surface area (TPSA) is 58.2 Å². The Morgan fingerprint density at radius 3 is 2.62 bits per heavy atom. The monoisotopic (exact) mass is 316 g/mol. The number of rotatable bonds is 2. The Bertz CT molecular complexity index is 944. The molecule has 0 aromatic heterocycles. The van der Waals surface area contributed by atoms with Gasteiger partial charge in [-0.15, -0.1) is 0 Å². The number of carbonyl (C=O) groups is 2. The highest BCUT2D eigenvalue weighted by Gasteiger charge is 2.30. The van der Waals surface area contributed by atoms with E-state index in [1.807, 2.05) is 66.7 Å². The minimum absolute atomic E-state index is 0.133. The standard InChI is InChI=1S/C20H16N2O2/c23-19-12-16(15-9-3-4-10-18(15)21-19)20(24)22-17-11-5-7-13-6-1-2-8-14(13)17/h1-11,16H,12H2,(H,21,23)(H,22,24). The molecule has 3 aromatic rings. The number of anilines is 2. The predicted molar refractivity (Wildman–Crippen MR) is 95.0 cm³/mol. The Morgan fingerprint density at radius 2 is 1.71 bits per heavy atom. The van der Waals surface area contributed by atoms with Gasteiger partial charge in [0.05, 0.1) is 5.92 Å². The van der Waals surface area contributed by atoms with Gasteiger partial charge in [-0.1, -0.05) is 54.6 Å². The molecule has 4 rings (SSSR count). The summed E-state index contributed by atoms with van der Waals surface area (Å²) in [5.74, 6) is -0.769. The van der Waals surface area contributed by atoms with Crippen LogP contribution in [0, 0.1) is 0 Å². The van der Waals surface area contributed by atoms with Crippen LogP contribution in [-0.2, 0) is 9.59 Å². The molecule has 1 heterocycles. The van der Waals surface area contributed by atoms with Crippen molar-refractivity contribution in [1.29, 1.82) is 0 Å². The molecule has 0 saturated carbocycles. The highest BCUT2D eigenvalue weighted by Crippen LogP contribution is 2.33. The normalized spacial score (nSPS) is 16.3. The first-order chi connectivity index (χ1) is 11.7. The Labute approximate surface area is 139 Å². The summed E-state index contributed by atoms with van der Waals surface area (Å²) in [6, 6.07) is 21.2.